The molecule has 0 aliphatic rings. The molecule has 0 fully saturated rings. The van der Waals surface area contributed by atoms with Crippen LogP contribution in [0.4, 0.5) is 0 Å². The van der Waals surface area contributed by atoms with Crippen LogP contribution < -0.4 is 0 Å². The van der Waals surface area contributed by atoms with Crippen LogP contribution >= 0.6 is 17.2 Å². The van der Waals surface area contributed by atoms with Crippen molar-refractivity contribution in [1.29, 1.82) is 0 Å². The van der Waals surface area contributed by atoms with Crippen molar-refractivity contribution in [2.24, 2.45) is 0 Å². The zero-order valence-electron chi connectivity index (χ0n) is 11.6. The maximum absolute atomic E-state index is 2.47. The Morgan fingerprint density at radius 3 is 1.50 bits per heavy atom. The third-order valence-electron chi connectivity index (χ3n) is 2.96. The molecule has 2 unspecified atom stereocenters. The molecule has 0 amide bonds. The normalized spacial score (nSPS) is 14.4. The van der Waals surface area contributed by atoms with E-state index in [0.29, 0.717) is 0 Å². The van der Waals surface area contributed by atoms with Crippen LogP contribution in [0.2, 0.25) is 0 Å². The van der Waals surface area contributed by atoms with Crippen LogP contribution in [0.1, 0.15) is 72.1 Å². The molecule has 0 aliphatic carbocycles. The van der Waals surface area contributed by atoms with Gasteiger partial charge < -0.3 is 0 Å². The highest BCUT2D eigenvalue weighted by Gasteiger charge is 2.00. The van der Waals surface area contributed by atoms with Crippen molar-refractivity contribution in [2.45, 2.75) is 77.5 Å². The standard InChI is InChI=1S/C14H32P2/c1-4-6-8-10-12-15-14(3)16-13-11-9-7-5-2/h14-16H,4-13H2,1-3H3. The lowest BCUT2D eigenvalue weighted by Gasteiger charge is -2.11. The van der Waals surface area contributed by atoms with Crippen LogP contribution in [0.3, 0.4) is 0 Å². The average Bonchev–Trinajstić information content (AvgIpc) is 2.28. The van der Waals surface area contributed by atoms with E-state index in [4.69, 9.17) is 0 Å². The van der Waals surface area contributed by atoms with Gasteiger partial charge in [0.15, 0.2) is 0 Å². The molecule has 0 aliphatic heterocycles. The maximum atomic E-state index is 2.47. The van der Waals surface area contributed by atoms with Crippen molar-refractivity contribution in [3.8, 4) is 0 Å². The summed E-state index contributed by atoms with van der Waals surface area (Å²) in [7, 11) is 2.48. The summed E-state index contributed by atoms with van der Waals surface area (Å²) < 4.78 is 0. The Morgan fingerprint density at radius 2 is 1.12 bits per heavy atom. The minimum absolute atomic E-state index is 1.03. The summed E-state index contributed by atoms with van der Waals surface area (Å²) in [5.74, 6) is 0. The molecule has 0 N–H and O–H groups in total. The van der Waals surface area contributed by atoms with Gasteiger partial charge in [0.2, 0.25) is 0 Å². The fourth-order valence-corrected chi connectivity index (χ4v) is 5.03. The molecule has 0 rings (SSSR count). The molecule has 0 aromatic heterocycles. The molecule has 0 saturated heterocycles. The lowest BCUT2D eigenvalue weighted by molar-refractivity contribution is 0.704. The van der Waals surface area contributed by atoms with Gasteiger partial charge in [-0.3, -0.25) is 0 Å². The van der Waals surface area contributed by atoms with E-state index in [2.05, 4.69) is 20.8 Å². The second-order valence-corrected chi connectivity index (χ2v) is 8.88. The molecular weight excluding hydrogens is 230 g/mol. The second-order valence-electron chi connectivity index (χ2n) is 4.75. The summed E-state index contributed by atoms with van der Waals surface area (Å²) in [6, 6.07) is 0. The van der Waals surface area contributed by atoms with Crippen molar-refractivity contribution in [1.82, 2.24) is 0 Å². The van der Waals surface area contributed by atoms with E-state index in [1.807, 2.05) is 0 Å². The van der Waals surface area contributed by atoms with Gasteiger partial charge >= 0.3 is 0 Å². The molecule has 0 aromatic carbocycles. The van der Waals surface area contributed by atoms with Gasteiger partial charge in [0.1, 0.15) is 0 Å². The Balaban J connectivity index is 3.09. The van der Waals surface area contributed by atoms with Crippen molar-refractivity contribution in [3.63, 3.8) is 0 Å². The van der Waals surface area contributed by atoms with Gasteiger partial charge in [0, 0.05) is 0 Å². The smallest absolute Gasteiger partial charge is 0.00896 e. The number of unbranched alkanes of at least 4 members (excludes halogenated alkanes) is 6. The minimum Gasteiger partial charge on any atom is -0.115 e. The lowest BCUT2D eigenvalue weighted by atomic mass is 10.2. The summed E-state index contributed by atoms with van der Waals surface area (Å²) in [5, 5.41) is 1.03. The first-order valence-corrected chi connectivity index (χ1v) is 9.84. The molecule has 0 heterocycles. The summed E-state index contributed by atoms with van der Waals surface area (Å²) in [4.78, 5) is 0. The Kier molecular flexibility index (Phi) is 14.7. The zero-order valence-corrected chi connectivity index (χ0v) is 13.6. The van der Waals surface area contributed by atoms with E-state index in [9.17, 15) is 0 Å². The molecule has 16 heavy (non-hydrogen) atoms. The van der Waals surface area contributed by atoms with Crippen molar-refractivity contribution >= 4 is 17.2 Å². The number of hydrogen-bond donors (Lipinski definition) is 0. The van der Waals surface area contributed by atoms with Crippen LogP contribution in [-0.4, -0.2) is 17.7 Å². The molecule has 98 valence electrons. The summed E-state index contributed by atoms with van der Waals surface area (Å²) in [5.41, 5.74) is 0. The first-order chi connectivity index (χ1) is 7.81. The first kappa shape index (κ1) is 16.9. The van der Waals surface area contributed by atoms with Crippen LogP contribution in [0.15, 0.2) is 0 Å². The molecule has 2 atom stereocenters. The molecule has 0 bridgehead atoms. The SMILES string of the molecule is CCCCCCPC(C)PCCCCCC. The quantitative estimate of drug-likeness (QED) is 0.306. The molecule has 0 saturated carbocycles. The topological polar surface area (TPSA) is 0 Å². The van der Waals surface area contributed by atoms with Gasteiger partial charge in [0.25, 0.3) is 0 Å². The van der Waals surface area contributed by atoms with Gasteiger partial charge in [0.05, 0.1) is 0 Å². The fraction of sp³-hybridized carbons (Fsp3) is 1.00. The predicted octanol–water partition coefficient (Wildman–Crippen LogP) is 5.85. The van der Waals surface area contributed by atoms with Crippen molar-refractivity contribution < 1.29 is 0 Å². The maximum Gasteiger partial charge on any atom is -0.00896 e. The summed E-state index contributed by atoms with van der Waals surface area (Å²) >= 11 is 0. The molecule has 0 aromatic rings. The number of hydrogen-bond acceptors (Lipinski definition) is 0. The third-order valence-corrected chi connectivity index (χ3v) is 6.70. The first-order valence-electron chi connectivity index (χ1n) is 7.28. The highest BCUT2D eigenvalue weighted by atomic mass is 31.1. The van der Waals surface area contributed by atoms with E-state index in [1.54, 1.807) is 0 Å². The largest absolute Gasteiger partial charge is 0.115 e. The zero-order chi connectivity index (χ0) is 12.1. The Labute approximate surface area is 107 Å². The Bertz CT molecular complexity index is 112. The van der Waals surface area contributed by atoms with Crippen LogP contribution in [0.5, 0.6) is 0 Å². The lowest BCUT2D eigenvalue weighted by Crippen LogP contribution is -1.90. The van der Waals surface area contributed by atoms with Crippen LogP contribution in [-0.2, 0) is 0 Å². The average molecular weight is 262 g/mol. The minimum atomic E-state index is 1.03. The molecular formula is C14H32P2. The van der Waals surface area contributed by atoms with E-state index in [1.165, 1.54) is 80.9 Å². The predicted molar refractivity (Wildman–Crippen MR) is 84.1 cm³/mol. The molecule has 2 heteroatoms. The van der Waals surface area contributed by atoms with Crippen LogP contribution in [0, 0.1) is 0 Å². The second kappa shape index (κ2) is 13.9. The molecule has 0 spiro atoms. The molecule has 0 radical (unpaired) electrons. The summed E-state index contributed by atoms with van der Waals surface area (Å²) in [6.07, 6.45) is 14.5. The Morgan fingerprint density at radius 1 is 0.688 bits per heavy atom. The third kappa shape index (κ3) is 12.9. The van der Waals surface area contributed by atoms with Crippen molar-refractivity contribution in [3.05, 3.63) is 0 Å². The highest BCUT2D eigenvalue weighted by molar-refractivity contribution is 7.57. The Hall–Kier alpha value is 0.860. The monoisotopic (exact) mass is 262 g/mol. The fourth-order valence-electron chi connectivity index (χ4n) is 1.81. The van der Waals surface area contributed by atoms with E-state index < -0.39 is 0 Å². The van der Waals surface area contributed by atoms with Crippen LogP contribution in [0.25, 0.3) is 0 Å². The van der Waals surface area contributed by atoms with Gasteiger partial charge in [-0.2, -0.15) is 0 Å². The van der Waals surface area contributed by atoms with Crippen molar-refractivity contribution in [2.75, 3.05) is 12.3 Å². The van der Waals surface area contributed by atoms with E-state index in [-0.39, 0.29) is 0 Å². The van der Waals surface area contributed by atoms with E-state index in [0.717, 1.165) is 5.40 Å². The van der Waals surface area contributed by atoms with Gasteiger partial charge in [-0.15, -0.1) is 17.2 Å². The number of rotatable bonds is 12. The van der Waals surface area contributed by atoms with Gasteiger partial charge in [-0.1, -0.05) is 59.3 Å². The van der Waals surface area contributed by atoms with Gasteiger partial charge in [-0.25, -0.2) is 0 Å². The highest BCUT2D eigenvalue weighted by Crippen LogP contribution is 2.35. The van der Waals surface area contributed by atoms with Gasteiger partial charge in [-0.05, 0) is 30.6 Å². The van der Waals surface area contributed by atoms with E-state index >= 15 is 0 Å². The molecule has 0 nitrogen and oxygen atoms in total. The summed E-state index contributed by atoms with van der Waals surface area (Å²) in [6.45, 7) is 7.06.